The lowest BCUT2D eigenvalue weighted by atomic mass is 9.98. The number of nitrogens with zero attached hydrogens (tertiary/aromatic N) is 4. The van der Waals surface area contributed by atoms with Gasteiger partial charge in [0.25, 0.3) is 0 Å². The molecule has 3 heterocycles. The minimum atomic E-state index is -0.142. The van der Waals surface area contributed by atoms with E-state index in [4.69, 9.17) is 4.52 Å². The highest BCUT2D eigenvalue weighted by atomic mass is 32.1. The Morgan fingerprint density at radius 2 is 1.83 bits per heavy atom. The third-order valence-electron chi connectivity index (χ3n) is 4.66. The molecule has 0 aliphatic heterocycles. The molecule has 1 amide bonds. The number of hydrogen-bond donors (Lipinski definition) is 1. The summed E-state index contributed by atoms with van der Waals surface area (Å²) in [5.74, 6) is 0.765. The number of carbonyl (C=O) groups is 1. The van der Waals surface area contributed by atoms with Crippen LogP contribution in [0, 0.1) is 20.8 Å². The molecule has 1 N–H and O–H groups in total. The third kappa shape index (κ3) is 4.44. The predicted octanol–water partition coefficient (Wildman–Crippen LogP) is 4.75. The summed E-state index contributed by atoms with van der Waals surface area (Å²) in [5, 5.41) is 9.37. The third-order valence-corrected chi connectivity index (χ3v) is 5.41. The van der Waals surface area contributed by atoms with Gasteiger partial charge in [-0.05, 0) is 44.0 Å². The van der Waals surface area contributed by atoms with Crippen molar-refractivity contribution < 1.29 is 9.32 Å². The number of amides is 1. The number of thiazole rings is 1. The van der Waals surface area contributed by atoms with Crippen LogP contribution in [0.3, 0.4) is 0 Å². The molecule has 4 aromatic rings. The van der Waals surface area contributed by atoms with E-state index in [1.165, 1.54) is 28.0 Å². The van der Waals surface area contributed by atoms with Crippen LogP contribution in [-0.2, 0) is 11.2 Å². The van der Waals surface area contributed by atoms with Crippen molar-refractivity contribution in [3.8, 4) is 22.6 Å². The topological polar surface area (TPSA) is 93.8 Å². The molecule has 0 aliphatic rings. The highest BCUT2D eigenvalue weighted by Crippen LogP contribution is 2.31. The number of pyridine rings is 1. The number of carbonyl (C=O) groups excluding carboxylic acids is 1. The fourth-order valence-corrected chi connectivity index (χ4v) is 4.12. The van der Waals surface area contributed by atoms with Crippen molar-refractivity contribution in [2.45, 2.75) is 33.6 Å². The van der Waals surface area contributed by atoms with Crippen LogP contribution in [0.2, 0.25) is 0 Å². The van der Waals surface area contributed by atoms with Crippen molar-refractivity contribution in [2.24, 2.45) is 0 Å². The van der Waals surface area contributed by atoms with Gasteiger partial charge in [-0.2, -0.15) is 4.98 Å². The number of benzene rings is 1. The number of aromatic nitrogens is 4. The Morgan fingerprint density at radius 3 is 2.57 bits per heavy atom. The van der Waals surface area contributed by atoms with Gasteiger partial charge in [-0.25, -0.2) is 4.98 Å². The van der Waals surface area contributed by atoms with E-state index in [9.17, 15) is 4.79 Å². The summed E-state index contributed by atoms with van der Waals surface area (Å²) in [5.41, 5.74) is 6.40. The van der Waals surface area contributed by atoms with Crippen LogP contribution >= 0.6 is 11.3 Å². The fourth-order valence-electron chi connectivity index (χ4n) is 3.41. The van der Waals surface area contributed by atoms with Gasteiger partial charge >= 0.3 is 0 Å². The second kappa shape index (κ2) is 8.54. The van der Waals surface area contributed by atoms with Gasteiger partial charge in [-0.15, -0.1) is 11.3 Å². The molecule has 0 saturated carbocycles. The zero-order valence-corrected chi connectivity index (χ0v) is 17.8. The first-order chi connectivity index (χ1) is 14.5. The zero-order chi connectivity index (χ0) is 21.1. The molecule has 0 spiro atoms. The van der Waals surface area contributed by atoms with Crippen molar-refractivity contribution >= 4 is 22.4 Å². The quantitative estimate of drug-likeness (QED) is 0.485. The van der Waals surface area contributed by atoms with Crippen molar-refractivity contribution in [3.05, 3.63) is 64.6 Å². The zero-order valence-electron chi connectivity index (χ0n) is 17.0. The van der Waals surface area contributed by atoms with Crippen LogP contribution in [0.4, 0.5) is 5.13 Å². The number of hydrogen-bond acceptors (Lipinski definition) is 7. The normalized spacial score (nSPS) is 10.9. The number of anilines is 1. The Morgan fingerprint density at radius 1 is 1.10 bits per heavy atom. The lowest BCUT2D eigenvalue weighted by Gasteiger charge is -2.08. The van der Waals surface area contributed by atoms with Gasteiger partial charge in [0.15, 0.2) is 5.13 Å². The molecule has 0 atom stereocenters. The number of nitrogens with one attached hydrogen (secondary N) is 1. The van der Waals surface area contributed by atoms with Crippen molar-refractivity contribution in [1.29, 1.82) is 0 Å². The van der Waals surface area contributed by atoms with E-state index >= 15 is 0 Å². The Labute approximate surface area is 178 Å². The maximum atomic E-state index is 12.3. The molecule has 0 fully saturated rings. The molecule has 0 bridgehead atoms. The number of rotatable bonds is 6. The summed E-state index contributed by atoms with van der Waals surface area (Å²) in [4.78, 5) is 25.2. The molecular weight excluding hydrogens is 398 g/mol. The molecule has 4 rings (SSSR count). The summed E-state index contributed by atoms with van der Waals surface area (Å²) in [6.45, 7) is 6.25. The molecule has 8 heteroatoms. The van der Waals surface area contributed by atoms with E-state index < -0.39 is 0 Å². The molecule has 1 aromatic carbocycles. The van der Waals surface area contributed by atoms with Gasteiger partial charge in [0.2, 0.25) is 17.6 Å². The average Bonchev–Trinajstić information content (AvgIpc) is 3.36. The van der Waals surface area contributed by atoms with Crippen LogP contribution in [-0.4, -0.2) is 26.0 Å². The van der Waals surface area contributed by atoms with Crippen LogP contribution in [0.15, 0.2) is 46.6 Å². The molecule has 0 saturated heterocycles. The maximum absolute atomic E-state index is 12.3. The van der Waals surface area contributed by atoms with Crippen LogP contribution in [0.1, 0.15) is 29.0 Å². The van der Waals surface area contributed by atoms with Gasteiger partial charge in [0.1, 0.15) is 0 Å². The van der Waals surface area contributed by atoms with Gasteiger partial charge in [0.05, 0.1) is 5.69 Å². The lowest BCUT2D eigenvalue weighted by Crippen LogP contribution is -2.12. The molecule has 3 aromatic heterocycles. The molecule has 0 unspecified atom stereocenters. The Kier molecular flexibility index (Phi) is 5.67. The van der Waals surface area contributed by atoms with E-state index in [0.717, 1.165) is 16.8 Å². The van der Waals surface area contributed by atoms with Gasteiger partial charge in [-0.3, -0.25) is 9.78 Å². The predicted molar refractivity (Wildman–Crippen MR) is 116 cm³/mol. The van der Waals surface area contributed by atoms with E-state index in [0.29, 0.717) is 23.3 Å². The summed E-state index contributed by atoms with van der Waals surface area (Å²) in [6, 6.07) is 7.90. The van der Waals surface area contributed by atoms with E-state index in [-0.39, 0.29) is 12.3 Å². The highest BCUT2D eigenvalue weighted by Gasteiger charge is 2.14. The Bertz CT molecular complexity index is 1160. The maximum Gasteiger partial charge on any atom is 0.227 e. The lowest BCUT2D eigenvalue weighted by molar-refractivity contribution is -0.116. The second-order valence-corrected chi connectivity index (χ2v) is 7.97. The van der Waals surface area contributed by atoms with Crippen molar-refractivity contribution in [3.63, 3.8) is 0 Å². The highest BCUT2D eigenvalue weighted by molar-refractivity contribution is 7.14. The van der Waals surface area contributed by atoms with Gasteiger partial charge < -0.3 is 9.84 Å². The first-order valence-electron chi connectivity index (χ1n) is 9.56. The molecular formula is C22H21N5O2S. The minimum absolute atomic E-state index is 0.142. The van der Waals surface area contributed by atoms with Crippen LogP contribution < -0.4 is 5.32 Å². The molecule has 0 aliphatic carbocycles. The van der Waals surface area contributed by atoms with E-state index in [2.05, 4.69) is 58.3 Å². The standard InChI is InChI=1S/C22H21N5O2S/c1-13-10-14(2)20(15(3)11-13)17-12-30-22(24-17)25-18(28)4-5-19-26-21(27-29-19)16-6-8-23-9-7-16/h6-12H,4-5H2,1-3H3,(H,24,25,28). The van der Waals surface area contributed by atoms with Crippen LogP contribution in [0.25, 0.3) is 22.6 Å². The van der Waals surface area contributed by atoms with Crippen molar-refractivity contribution in [2.75, 3.05) is 5.32 Å². The fraction of sp³-hybridized carbons (Fsp3) is 0.227. The van der Waals surface area contributed by atoms with Gasteiger partial charge in [0, 0.05) is 41.7 Å². The monoisotopic (exact) mass is 419 g/mol. The molecule has 30 heavy (non-hydrogen) atoms. The molecule has 152 valence electrons. The SMILES string of the molecule is Cc1cc(C)c(-c2csc(NC(=O)CCc3nc(-c4ccncc4)no3)n2)c(C)c1. The van der Waals surface area contributed by atoms with Gasteiger partial charge in [-0.1, -0.05) is 22.9 Å². The average molecular weight is 420 g/mol. The summed E-state index contributed by atoms with van der Waals surface area (Å²) >= 11 is 1.42. The van der Waals surface area contributed by atoms with E-state index in [1.807, 2.05) is 5.38 Å². The molecule has 0 radical (unpaired) electrons. The van der Waals surface area contributed by atoms with E-state index in [1.54, 1.807) is 24.5 Å². The molecule has 7 nitrogen and oxygen atoms in total. The first kappa shape index (κ1) is 19.9. The van der Waals surface area contributed by atoms with Crippen LogP contribution in [0.5, 0.6) is 0 Å². The summed E-state index contributed by atoms with van der Waals surface area (Å²) in [7, 11) is 0. The number of aryl methyl sites for hydroxylation is 4. The minimum Gasteiger partial charge on any atom is -0.339 e. The second-order valence-electron chi connectivity index (χ2n) is 7.11. The largest absolute Gasteiger partial charge is 0.339 e. The first-order valence-corrected chi connectivity index (χ1v) is 10.4. The Hall–Kier alpha value is -3.39. The summed E-state index contributed by atoms with van der Waals surface area (Å²) in [6.07, 6.45) is 3.93. The Balaban J connectivity index is 1.37. The smallest absolute Gasteiger partial charge is 0.227 e. The van der Waals surface area contributed by atoms with Crippen molar-refractivity contribution in [1.82, 2.24) is 20.1 Å². The summed E-state index contributed by atoms with van der Waals surface area (Å²) < 4.78 is 5.24.